The lowest BCUT2D eigenvalue weighted by molar-refractivity contribution is -0.227. The van der Waals surface area contributed by atoms with Crippen LogP contribution in [-0.4, -0.2) is 23.6 Å². The fourth-order valence-electron chi connectivity index (χ4n) is 0.352. The van der Waals surface area contributed by atoms with E-state index in [-0.39, 0.29) is 0 Å². The Labute approximate surface area is 55.7 Å². The smallest absolute Gasteiger partial charge is 0.396 e. The molecule has 0 heterocycles. The van der Waals surface area contributed by atoms with Crippen molar-refractivity contribution in [1.82, 2.24) is 0 Å². The van der Waals surface area contributed by atoms with Crippen molar-refractivity contribution >= 4 is 0 Å². The molecule has 0 aliphatic rings. The van der Waals surface area contributed by atoms with Gasteiger partial charge in [-0.15, -0.1) is 0 Å². The Morgan fingerprint density at radius 1 is 1.20 bits per heavy atom. The van der Waals surface area contributed by atoms with Crippen molar-refractivity contribution in [2.45, 2.75) is 25.2 Å². The number of halogens is 4. The largest absolute Gasteiger partial charge is 0.422 e. The molecule has 0 aromatic heterocycles. The van der Waals surface area contributed by atoms with E-state index >= 15 is 0 Å². The molecule has 0 amide bonds. The molecule has 5 heteroatoms. The van der Waals surface area contributed by atoms with E-state index < -0.39 is 24.9 Å². The SMILES string of the molecule is C[C@](F)(CCO)C(F)(F)F. The van der Waals surface area contributed by atoms with Crippen LogP contribution in [0.25, 0.3) is 0 Å². The van der Waals surface area contributed by atoms with Crippen molar-refractivity contribution < 1.29 is 22.7 Å². The van der Waals surface area contributed by atoms with Crippen LogP contribution in [0, 0.1) is 0 Å². The van der Waals surface area contributed by atoms with E-state index in [1.54, 1.807) is 0 Å². The number of aliphatic hydroxyl groups is 1. The highest BCUT2D eigenvalue weighted by Crippen LogP contribution is 2.35. The van der Waals surface area contributed by atoms with Crippen LogP contribution in [0.3, 0.4) is 0 Å². The summed E-state index contributed by atoms with van der Waals surface area (Å²) in [5.74, 6) is 0. The summed E-state index contributed by atoms with van der Waals surface area (Å²) in [7, 11) is 0. The average molecular weight is 160 g/mol. The van der Waals surface area contributed by atoms with Crippen LogP contribution < -0.4 is 0 Å². The molecule has 0 saturated carbocycles. The van der Waals surface area contributed by atoms with Crippen molar-refractivity contribution in [3.8, 4) is 0 Å². The topological polar surface area (TPSA) is 20.2 Å². The number of aliphatic hydroxyl groups excluding tert-OH is 1. The van der Waals surface area contributed by atoms with Gasteiger partial charge in [-0.2, -0.15) is 13.2 Å². The highest BCUT2D eigenvalue weighted by atomic mass is 19.4. The number of hydrogen-bond donors (Lipinski definition) is 1. The zero-order valence-electron chi connectivity index (χ0n) is 5.37. The first kappa shape index (κ1) is 9.68. The highest BCUT2D eigenvalue weighted by Gasteiger charge is 2.51. The van der Waals surface area contributed by atoms with Crippen LogP contribution in [0.5, 0.6) is 0 Å². The summed E-state index contributed by atoms with van der Waals surface area (Å²) in [4.78, 5) is 0. The predicted molar refractivity (Wildman–Crippen MR) is 27.3 cm³/mol. The first-order valence-corrected chi connectivity index (χ1v) is 2.68. The van der Waals surface area contributed by atoms with Gasteiger partial charge in [-0.25, -0.2) is 4.39 Å². The molecule has 0 aromatic rings. The second-order valence-electron chi connectivity index (χ2n) is 2.17. The molecule has 0 aliphatic carbocycles. The summed E-state index contributed by atoms with van der Waals surface area (Å²) in [6, 6.07) is 0. The third-order valence-electron chi connectivity index (χ3n) is 1.17. The van der Waals surface area contributed by atoms with E-state index in [2.05, 4.69) is 0 Å². The Kier molecular flexibility index (Phi) is 2.65. The van der Waals surface area contributed by atoms with Crippen LogP contribution in [0.1, 0.15) is 13.3 Å². The van der Waals surface area contributed by atoms with E-state index in [1.807, 2.05) is 0 Å². The van der Waals surface area contributed by atoms with Gasteiger partial charge in [-0.1, -0.05) is 0 Å². The molecule has 62 valence electrons. The van der Waals surface area contributed by atoms with Gasteiger partial charge in [0.25, 0.3) is 0 Å². The lowest BCUT2D eigenvalue weighted by Crippen LogP contribution is -2.38. The van der Waals surface area contributed by atoms with Crippen LogP contribution >= 0.6 is 0 Å². The average Bonchev–Trinajstić information content (AvgIpc) is 1.61. The fourth-order valence-corrected chi connectivity index (χ4v) is 0.352. The van der Waals surface area contributed by atoms with Crippen LogP contribution in [0.2, 0.25) is 0 Å². The third-order valence-corrected chi connectivity index (χ3v) is 1.17. The van der Waals surface area contributed by atoms with E-state index in [0.717, 1.165) is 0 Å². The molecule has 1 nitrogen and oxygen atoms in total. The van der Waals surface area contributed by atoms with Gasteiger partial charge in [-0.05, 0) is 6.92 Å². The molecule has 0 spiro atoms. The number of rotatable bonds is 2. The minimum absolute atomic E-state index is 0.406. The van der Waals surface area contributed by atoms with Crippen molar-refractivity contribution in [2.24, 2.45) is 0 Å². The Morgan fingerprint density at radius 3 is 1.70 bits per heavy atom. The van der Waals surface area contributed by atoms with Crippen LogP contribution in [0.15, 0.2) is 0 Å². The van der Waals surface area contributed by atoms with Gasteiger partial charge < -0.3 is 5.11 Å². The van der Waals surface area contributed by atoms with Crippen molar-refractivity contribution in [2.75, 3.05) is 6.61 Å². The Bertz CT molecular complexity index is 107. The molecule has 1 atom stereocenters. The van der Waals surface area contributed by atoms with Crippen LogP contribution in [-0.2, 0) is 0 Å². The first-order chi connectivity index (χ1) is 4.31. The van der Waals surface area contributed by atoms with Crippen molar-refractivity contribution in [3.05, 3.63) is 0 Å². The molecule has 0 bridgehead atoms. The number of hydrogen-bond acceptors (Lipinski definition) is 1. The summed E-state index contributed by atoms with van der Waals surface area (Å²) in [5, 5.41) is 8.03. The molecular formula is C5H8F4O. The second kappa shape index (κ2) is 2.74. The molecule has 0 radical (unpaired) electrons. The van der Waals surface area contributed by atoms with E-state index in [4.69, 9.17) is 5.11 Å². The standard InChI is InChI=1S/C5H8F4O/c1-4(6,2-3-10)5(7,8)9/h10H,2-3H2,1H3/t4-/m0/s1. The van der Waals surface area contributed by atoms with Gasteiger partial charge in [0.1, 0.15) is 0 Å². The molecular weight excluding hydrogens is 152 g/mol. The normalized spacial score (nSPS) is 18.6. The summed E-state index contributed by atoms with van der Waals surface area (Å²) < 4.78 is 46.9. The van der Waals surface area contributed by atoms with Crippen LogP contribution in [0.4, 0.5) is 17.6 Å². The summed E-state index contributed by atoms with van der Waals surface area (Å²) in [6.07, 6.45) is -5.79. The minimum Gasteiger partial charge on any atom is -0.396 e. The predicted octanol–water partition coefficient (Wildman–Crippen LogP) is 1.66. The first-order valence-electron chi connectivity index (χ1n) is 2.68. The molecule has 0 fully saturated rings. The van der Waals surface area contributed by atoms with E-state index in [1.165, 1.54) is 0 Å². The minimum atomic E-state index is -4.88. The summed E-state index contributed by atoms with van der Waals surface area (Å²) >= 11 is 0. The molecule has 10 heavy (non-hydrogen) atoms. The maximum absolute atomic E-state index is 12.3. The van der Waals surface area contributed by atoms with E-state index in [9.17, 15) is 17.6 Å². The van der Waals surface area contributed by atoms with E-state index in [0.29, 0.717) is 6.92 Å². The quantitative estimate of drug-likeness (QED) is 0.609. The highest BCUT2D eigenvalue weighted by molar-refractivity contribution is 4.81. The molecule has 1 N–H and O–H groups in total. The summed E-state index contributed by atoms with van der Waals surface area (Å²) in [6.45, 7) is -0.393. The van der Waals surface area contributed by atoms with Gasteiger partial charge >= 0.3 is 6.18 Å². The fraction of sp³-hybridized carbons (Fsp3) is 1.00. The third kappa shape index (κ3) is 2.13. The van der Waals surface area contributed by atoms with Gasteiger partial charge in [0.15, 0.2) is 0 Å². The monoisotopic (exact) mass is 160 g/mol. The Hall–Kier alpha value is -0.320. The van der Waals surface area contributed by atoms with Gasteiger partial charge in [0, 0.05) is 13.0 Å². The van der Waals surface area contributed by atoms with Gasteiger partial charge in [-0.3, -0.25) is 0 Å². The van der Waals surface area contributed by atoms with Gasteiger partial charge in [0.05, 0.1) is 0 Å². The van der Waals surface area contributed by atoms with Gasteiger partial charge in [0.2, 0.25) is 5.67 Å². The molecule has 0 unspecified atom stereocenters. The Morgan fingerprint density at radius 2 is 1.60 bits per heavy atom. The maximum Gasteiger partial charge on any atom is 0.422 e. The lowest BCUT2D eigenvalue weighted by Gasteiger charge is -2.21. The molecule has 0 saturated heterocycles. The maximum atomic E-state index is 12.3. The van der Waals surface area contributed by atoms with Crippen molar-refractivity contribution in [3.63, 3.8) is 0 Å². The van der Waals surface area contributed by atoms with Crippen molar-refractivity contribution in [1.29, 1.82) is 0 Å². The molecule has 0 aromatic carbocycles. The molecule has 0 aliphatic heterocycles. The number of alkyl halides is 4. The zero-order valence-corrected chi connectivity index (χ0v) is 5.37. The molecule has 0 rings (SSSR count). The lowest BCUT2D eigenvalue weighted by atomic mass is 10.1. The second-order valence-corrected chi connectivity index (χ2v) is 2.17. The zero-order chi connectivity index (χ0) is 8.41. The Balaban J connectivity index is 4.10. The summed E-state index contributed by atoms with van der Waals surface area (Å²) in [5.41, 5.74) is -3.26.